The molecule has 1 fully saturated rings. The lowest BCUT2D eigenvalue weighted by molar-refractivity contribution is 0.0701. The minimum Gasteiger partial charge on any atom is -0.493 e. The Kier molecular flexibility index (Phi) is 7.99. The van der Waals surface area contributed by atoms with Crippen LogP contribution in [-0.4, -0.2) is 34.3 Å². The van der Waals surface area contributed by atoms with E-state index in [-0.39, 0.29) is 17.2 Å². The molecule has 0 aliphatic heterocycles. The maximum Gasteiger partial charge on any atom is 0.345 e. The van der Waals surface area contributed by atoms with Crippen LogP contribution in [0.15, 0.2) is 36.4 Å². The molecule has 0 saturated heterocycles. The zero-order chi connectivity index (χ0) is 20.8. The first-order chi connectivity index (χ1) is 14.0. The number of benzene rings is 1. The number of aliphatic hydroxyl groups excluding tert-OH is 1. The van der Waals surface area contributed by atoms with E-state index in [1.807, 2.05) is 18.2 Å². The number of aryl methyl sites for hydroxylation is 2. The number of alkyl halides is 1. The number of aromatic carboxylic acids is 1. The average Bonchev–Trinajstić information content (AvgIpc) is 3.26. The Morgan fingerprint density at radius 3 is 2.79 bits per heavy atom. The molecule has 4 atom stereocenters. The third-order valence-electron chi connectivity index (χ3n) is 5.69. The van der Waals surface area contributed by atoms with Gasteiger partial charge < -0.3 is 14.9 Å². The highest BCUT2D eigenvalue weighted by atomic mass is 35.5. The molecule has 0 bridgehead atoms. The molecule has 1 aliphatic carbocycles. The average molecular weight is 437 g/mol. The summed E-state index contributed by atoms with van der Waals surface area (Å²) in [5.41, 5.74) is 1.26. The molecule has 1 saturated carbocycles. The summed E-state index contributed by atoms with van der Waals surface area (Å²) in [6.45, 7) is 2.62. The first-order valence-corrected chi connectivity index (χ1v) is 11.6. The zero-order valence-corrected chi connectivity index (χ0v) is 18.3. The van der Waals surface area contributed by atoms with E-state index in [4.69, 9.17) is 21.4 Å². The molecule has 29 heavy (non-hydrogen) atoms. The number of hydrogen-bond donors (Lipinski definition) is 2. The smallest absolute Gasteiger partial charge is 0.345 e. The van der Waals surface area contributed by atoms with Crippen LogP contribution >= 0.6 is 22.9 Å². The fraction of sp³-hybridized carbons (Fsp3) is 0.522. The van der Waals surface area contributed by atoms with E-state index in [0.29, 0.717) is 17.9 Å². The van der Waals surface area contributed by atoms with Gasteiger partial charge >= 0.3 is 5.97 Å². The zero-order valence-electron chi connectivity index (χ0n) is 16.7. The van der Waals surface area contributed by atoms with Gasteiger partial charge in [0.2, 0.25) is 0 Å². The molecule has 158 valence electrons. The van der Waals surface area contributed by atoms with Crippen LogP contribution in [0.5, 0.6) is 5.75 Å². The number of aliphatic hydroxyl groups is 1. The SMILES string of the molecule is CCCc1cccc(OCC2C(O)CC(Cl)C2CCCc2ccc(C(=O)O)s2)c1. The van der Waals surface area contributed by atoms with E-state index in [9.17, 15) is 9.90 Å². The number of halogens is 1. The van der Waals surface area contributed by atoms with Gasteiger partial charge in [-0.1, -0.05) is 25.5 Å². The van der Waals surface area contributed by atoms with Gasteiger partial charge in [0.1, 0.15) is 10.6 Å². The van der Waals surface area contributed by atoms with Crippen molar-refractivity contribution in [2.24, 2.45) is 11.8 Å². The van der Waals surface area contributed by atoms with Gasteiger partial charge in [0, 0.05) is 16.2 Å². The van der Waals surface area contributed by atoms with E-state index in [0.717, 1.165) is 42.7 Å². The molecule has 2 N–H and O–H groups in total. The van der Waals surface area contributed by atoms with Gasteiger partial charge in [0.25, 0.3) is 0 Å². The molecular weight excluding hydrogens is 408 g/mol. The Labute approximate surface area is 181 Å². The number of rotatable bonds is 10. The van der Waals surface area contributed by atoms with Gasteiger partial charge in [-0.05, 0) is 67.9 Å². The summed E-state index contributed by atoms with van der Waals surface area (Å²) < 4.78 is 6.04. The lowest BCUT2D eigenvalue weighted by Gasteiger charge is -2.23. The fourth-order valence-corrected chi connectivity index (χ4v) is 5.56. The number of carbonyl (C=O) groups is 1. The van der Waals surface area contributed by atoms with E-state index in [1.165, 1.54) is 16.9 Å². The van der Waals surface area contributed by atoms with Crippen molar-refractivity contribution in [2.45, 2.75) is 56.9 Å². The van der Waals surface area contributed by atoms with Gasteiger partial charge in [-0.15, -0.1) is 22.9 Å². The maximum atomic E-state index is 11.0. The molecule has 3 rings (SSSR count). The molecule has 6 heteroatoms. The molecule has 1 aliphatic rings. The molecule has 2 aromatic rings. The second-order valence-electron chi connectivity index (χ2n) is 7.82. The van der Waals surface area contributed by atoms with Crippen LogP contribution in [0.2, 0.25) is 0 Å². The number of hydrogen-bond acceptors (Lipinski definition) is 4. The second-order valence-corrected chi connectivity index (χ2v) is 9.55. The number of carboxylic acids is 1. The monoisotopic (exact) mass is 436 g/mol. The fourth-order valence-electron chi connectivity index (χ4n) is 4.17. The third-order valence-corrected chi connectivity index (χ3v) is 7.32. The summed E-state index contributed by atoms with van der Waals surface area (Å²) in [5.74, 6) is 0.190. The van der Waals surface area contributed by atoms with E-state index >= 15 is 0 Å². The highest BCUT2D eigenvalue weighted by molar-refractivity contribution is 7.13. The largest absolute Gasteiger partial charge is 0.493 e. The normalized spacial score (nSPS) is 24.0. The summed E-state index contributed by atoms with van der Waals surface area (Å²) in [7, 11) is 0. The second kappa shape index (κ2) is 10.5. The van der Waals surface area contributed by atoms with Crippen molar-refractivity contribution < 1.29 is 19.7 Å². The van der Waals surface area contributed by atoms with Crippen LogP contribution in [0.1, 0.15) is 52.7 Å². The Balaban J connectivity index is 1.54. The van der Waals surface area contributed by atoms with Crippen LogP contribution < -0.4 is 4.74 Å². The standard InChI is InChI=1S/C23H29ClO4S/c1-2-5-15-6-3-7-16(12-15)28-14-19-18(20(24)13-21(19)25)9-4-8-17-10-11-22(29-17)23(26)27/h3,6-7,10-12,18-21,25H,2,4-5,8-9,13-14H2,1H3,(H,26,27). The molecule has 4 unspecified atom stereocenters. The summed E-state index contributed by atoms with van der Waals surface area (Å²) >= 11 is 7.88. The summed E-state index contributed by atoms with van der Waals surface area (Å²) in [6, 6.07) is 11.7. The van der Waals surface area contributed by atoms with Crippen LogP contribution in [-0.2, 0) is 12.8 Å². The Morgan fingerprint density at radius 2 is 2.07 bits per heavy atom. The minimum absolute atomic E-state index is 0.0187. The number of carboxylic acid groups (broad SMARTS) is 1. The van der Waals surface area contributed by atoms with Gasteiger partial charge in [0.15, 0.2) is 0 Å². The van der Waals surface area contributed by atoms with Gasteiger partial charge in [0.05, 0.1) is 12.7 Å². The van der Waals surface area contributed by atoms with Crippen LogP contribution in [0.25, 0.3) is 0 Å². The summed E-state index contributed by atoms with van der Waals surface area (Å²) in [5, 5.41) is 19.5. The predicted octanol–water partition coefficient (Wildman–Crippen LogP) is 5.40. The van der Waals surface area contributed by atoms with Crippen molar-refractivity contribution in [2.75, 3.05) is 6.61 Å². The molecule has 4 nitrogen and oxygen atoms in total. The van der Waals surface area contributed by atoms with E-state index in [2.05, 4.69) is 19.1 Å². The van der Waals surface area contributed by atoms with Crippen molar-refractivity contribution in [3.63, 3.8) is 0 Å². The van der Waals surface area contributed by atoms with Gasteiger partial charge in [-0.2, -0.15) is 0 Å². The lowest BCUT2D eigenvalue weighted by Crippen LogP contribution is -2.27. The lowest BCUT2D eigenvalue weighted by atomic mass is 9.90. The van der Waals surface area contributed by atoms with Crippen molar-refractivity contribution in [1.82, 2.24) is 0 Å². The van der Waals surface area contributed by atoms with Crippen molar-refractivity contribution in [1.29, 1.82) is 0 Å². The van der Waals surface area contributed by atoms with E-state index < -0.39 is 12.1 Å². The molecule has 0 radical (unpaired) electrons. The van der Waals surface area contributed by atoms with Crippen molar-refractivity contribution in [3.8, 4) is 5.75 Å². The van der Waals surface area contributed by atoms with Gasteiger partial charge in [-0.3, -0.25) is 0 Å². The molecule has 1 heterocycles. The van der Waals surface area contributed by atoms with Crippen molar-refractivity contribution >= 4 is 28.9 Å². The van der Waals surface area contributed by atoms with Gasteiger partial charge in [-0.25, -0.2) is 4.79 Å². The first kappa shape index (κ1) is 22.1. The topological polar surface area (TPSA) is 66.8 Å². The first-order valence-electron chi connectivity index (χ1n) is 10.3. The summed E-state index contributed by atoms with van der Waals surface area (Å²) in [4.78, 5) is 12.5. The van der Waals surface area contributed by atoms with Crippen LogP contribution in [0.4, 0.5) is 0 Å². The van der Waals surface area contributed by atoms with Crippen LogP contribution in [0.3, 0.4) is 0 Å². The molecule has 1 aromatic heterocycles. The third kappa shape index (κ3) is 5.97. The molecule has 1 aromatic carbocycles. The number of thiophene rings is 1. The Morgan fingerprint density at radius 1 is 1.24 bits per heavy atom. The molecule has 0 spiro atoms. The molecular formula is C23H29ClO4S. The molecule has 0 amide bonds. The highest BCUT2D eigenvalue weighted by Crippen LogP contribution is 2.39. The Bertz CT molecular complexity index is 806. The quantitative estimate of drug-likeness (QED) is 0.489. The van der Waals surface area contributed by atoms with Crippen LogP contribution in [0, 0.1) is 11.8 Å². The van der Waals surface area contributed by atoms with E-state index in [1.54, 1.807) is 6.07 Å². The maximum absolute atomic E-state index is 11.0. The van der Waals surface area contributed by atoms with Crippen molar-refractivity contribution in [3.05, 3.63) is 51.7 Å². The summed E-state index contributed by atoms with van der Waals surface area (Å²) in [6.07, 6.45) is 4.93. The number of ether oxygens (including phenoxy) is 1. The predicted molar refractivity (Wildman–Crippen MR) is 117 cm³/mol. The minimum atomic E-state index is -0.874. The highest BCUT2D eigenvalue weighted by Gasteiger charge is 2.41. The Hall–Kier alpha value is -1.56.